The normalized spacial score (nSPS) is 25.4. The van der Waals surface area contributed by atoms with Gasteiger partial charge in [0.05, 0.1) is 12.1 Å². The topological polar surface area (TPSA) is 58.3 Å². The molecule has 0 spiro atoms. The number of aliphatic hydroxyl groups is 1. The van der Waals surface area contributed by atoms with Gasteiger partial charge in [-0.05, 0) is 43.5 Å². The van der Waals surface area contributed by atoms with E-state index in [1.54, 1.807) is 0 Å². The highest BCUT2D eigenvalue weighted by Crippen LogP contribution is 2.24. The minimum Gasteiger partial charge on any atom is -0.399 e. The molecule has 0 saturated heterocycles. The fourth-order valence-corrected chi connectivity index (χ4v) is 2.39. The summed E-state index contributed by atoms with van der Waals surface area (Å²) < 4.78 is 0. The molecule has 1 saturated carbocycles. The highest BCUT2D eigenvalue weighted by molar-refractivity contribution is 5.57. The highest BCUT2D eigenvalue weighted by atomic mass is 16.3. The lowest BCUT2D eigenvalue weighted by molar-refractivity contribution is 0.116. The zero-order chi connectivity index (χ0) is 11.5. The van der Waals surface area contributed by atoms with E-state index in [4.69, 9.17) is 5.73 Å². The third kappa shape index (κ3) is 2.67. The van der Waals surface area contributed by atoms with Gasteiger partial charge >= 0.3 is 0 Å². The van der Waals surface area contributed by atoms with E-state index >= 15 is 0 Å². The van der Waals surface area contributed by atoms with E-state index in [0.29, 0.717) is 0 Å². The SMILES string of the molecule is Cc1cc(N)cc(NC2CCCCC2O)c1. The smallest absolute Gasteiger partial charge is 0.0741 e. The van der Waals surface area contributed by atoms with Gasteiger partial charge in [-0.2, -0.15) is 0 Å². The van der Waals surface area contributed by atoms with Crippen LogP contribution in [0.4, 0.5) is 11.4 Å². The van der Waals surface area contributed by atoms with Gasteiger partial charge in [0.2, 0.25) is 0 Å². The first-order valence-corrected chi connectivity index (χ1v) is 5.97. The second-order valence-corrected chi connectivity index (χ2v) is 4.74. The van der Waals surface area contributed by atoms with Crippen LogP contribution in [0.25, 0.3) is 0 Å². The van der Waals surface area contributed by atoms with Crippen molar-refractivity contribution in [3.63, 3.8) is 0 Å². The summed E-state index contributed by atoms with van der Waals surface area (Å²) >= 11 is 0. The highest BCUT2D eigenvalue weighted by Gasteiger charge is 2.22. The number of nitrogens with two attached hydrogens (primary N) is 1. The van der Waals surface area contributed by atoms with Crippen molar-refractivity contribution in [2.45, 2.75) is 44.8 Å². The lowest BCUT2D eigenvalue weighted by atomic mass is 9.92. The Morgan fingerprint density at radius 3 is 2.69 bits per heavy atom. The van der Waals surface area contributed by atoms with Crippen LogP contribution in [-0.4, -0.2) is 17.3 Å². The van der Waals surface area contributed by atoms with Crippen molar-refractivity contribution < 1.29 is 5.11 Å². The van der Waals surface area contributed by atoms with Gasteiger partial charge in [0.15, 0.2) is 0 Å². The van der Waals surface area contributed by atoms with Crippen LogP contribution in [-0.2, 0) is 0 Å². The summed E-state index contributed by atoms with van der Waals surface area (Å²) in [5.74, 6) is 0. The third-order valence-corrected chi connectivity index (χ3v) is 3.18. The summed E-state index contributed by atoms with van der Waals surface area (Å²) in [6.45, 7) is 2.03. The van der Waals surface area contributed by atoms with E-state index in [0.717, 1.165) is 36.2 Å². The molecule has 1 aliphatic rings. The van der Waals surface area contributed by atoms with E-state index < -0.39 is 0 Å². The molecular weight excluding hydrogens is 200 g/mol. The van der Waals surface area contributed by atoms with Crippen LogP contribution in [0, 0.1) is 6.92 Å². The van der Waals surface area contributed by atoms with Gasteiger partial charge in [0, 0.05) is 11.4 Å². The van der Waals surface area contributed by atoms with Crippen molar-refractivity contribution in [3.8, 4) is 0 Å². The van der Waals surface area contributed by atoms with Crippen LogP contribution >= 0.6 is 0 Å². The van der Waals surface area contributed by atoms with Crippen LogP contribution in [0.3, 0.4) is 0 Å². The average molecular weight is 220 g/mol. The second-order valence-electron chi connectivity index (χ2n) is 4.74. The summed E-state index contributed by atoms with van der Waals surface area (Å²) in [4.78, 5) is 0. The molecule has 1 aliphatic carbocycles. The van der Waals surface area contributed by atoms with Crippen molar-refractivity contribution in [3.05, 3.63) is 23.8 Å². The van der Waals surface area contributed by atoms with Gasteiger partial charge in [-0.1, -0.05) is 12.8 Å². The Bertz CT molecular complexity index is 345. The first-order valence-electron chi connectivity index (χ1n) is 5.97. The van der Waals surface area contributed by atoms with Gasteiger partial charge in [0.1, 0.15) is 0 Å². The Morgan fingerprint density at radius 2 is 2.00 bits per heavy atom. The number of nitrogens with one attached hydrogen (secondary N) is 1. The number of anilines is 2. The first-order chi connectivity index (χ1) is 7.65. The predicted molar refractivity (Wildman–Crippen MR) is 67.5 cm³/mol. The van der Waals surface area contributed by atoms with E-state index in [9.17, 15) is 5.11 Å². The fraction of sp³-hybridized carbons (Fsp3) is 0.538. The van der Waals surface area contributed by atoms with Gasteiger partial charge in [0.25, 0.3) is 0 Å². The lowest BCUT2D eigenvalue weighted by Crippen LogP contribution is -2.36. The molecule has 0 bridgehead atoms. The molecule has 0 radical (unpaired) electrons. The van der Waals surface area contributed by atoms with Gasteiger partial charge in [-0.15, -0.1) is 0 Å². The maximum atomic E-state index is 9.88. The minimum atomic E-state index is -0.226. The number of rotatable bonds is 2. The third-order valence-electron chi connectivity index (χ3n) is 3.18. The maximum Gasteiger partial charge on any atom is 0.0741 e. The summed E-state index contributed by atoms with van der Waals surface area (Å²) in [6, 6.07) is 6.11. The van der Waals surface area contributed by atoms with Gasteiger partial charge in [-0.25, -0.2) is 0 Å². The van der Waals surface area contributed by atoms with Crippen molar-refractivity contribution in [1.82, 2.24) is 0 Å². The molecule has 0 aromatic heterocycles. The van der Waals surface area contributed by atoms with Crippen LogP contribution in [0.15, 0.2) is 18.2 Å². The Morgan fingerprint density at radius 1 is 1.25 bits per heavy atom. The van der Waals surface area contributed by atoms with Crippen LogP contribution in [0.5, 0.6) is 0 Å². The molecule has 0 heterocycles. The number of aliphatic hydroxyl groups excluding tert-OH is 1. The molecule has 1 aromatic carbocycles. The van der Waals surface area contributed by atoms with Gasteiger partial charge in [-0.3, -0.25) is 0 Å². The number of nitrogen functional groups attached to an aromatic ring is 1. The standard InChI is InChI=1S/C13H20N2O/c1-9-6-10(14)8-11(7-9)15-12-4-2-3-5-13(12)16/h6-8,12-13,15-16H,2-5,14H2,1H3. The largest absolute Gasteiger partial charge is 0.399 e. The molecule has 3 heteroatoms. The minimum absolute atomic E-state index is 0.176. The molecule has 3 nitrogen and oxygen atoms in total. The molecule has 2 atom stereocenters. The van der Waals surface area contributed by atoms with E-state index in [2.05, 4.69) is 11.4 Å². The number of benzene rings is 1. The predicted octanol–water partition coefficient (Wildman–Crippen LogP) is 2.29. The van der Waals surface area contributed by atoms with E-state index in [1.165, 1.54) is 6.42 Å². The molecule has 2 rings (SSSR count). The van der Waals surface area contributed by atoms with Crippen molar-refractivity contribution >= 4 is 11.4 Å². The number of hydrogen-bond donors (Lipinski definition) is 3. The molecule has 2 unspecified atom stereocenters. The molecule has 16 heavy (non-hydrogen) atoms. The number of aryl methyl sites for hydroxylation is 1. The zero-order valence-electron chi connectivity index (χ0n) is 9.74. The van der Waals surface area contributed by atoms with Crippen LogP contribution in [0.2, 0.25) is 0 Å². The Balaban J connectivity index is 2.07. The van der Waals surface area contributed by atoms with E-state index in [-0.39, 0.29) is 12.1 Å². The molecule has 0 aliphatic heterocycles. The Labute approximate surface area is 96.7 Å². The summed E-state index contributed by atoms with van der Waals surface area (Å²) in [6.07, 6.45) is 4.04. The quantitative estimate of drug-likeness (QED) is 0.670. The van der Waals surface area contributed by atoms with Crippen LogP contribution < -0.4 is 11.1 Å². The molecule has 88 valence electrons. The maximum absolute atomic E-state index is 9.88. The van der Waals surface area contributed by atoms with Crippen molar-refractivity contribution in [2.24, 2.45) is 0 Å². The van der Waals surface area contributed by atoms with Gasteiger partial charge < -0.3 is 16.2 Å². The van der Waals surface area contributed by atoms with E-state index in [1.807, 2.05) is 19.1 Å². The van der Waals surface area contributed by atoms with Crippen molar-refractivity contribution in [1.29, 1.82) is 0 Å². The summed E-state index contributed by atoms with van der Waals surface area (Å²) in [7, 11) is 0. The number of hydrogen-bond acceptors (Lipinski definition) is 3. The summed E-state index contributed by atoms with van der Waals surface area (Å²) in [5.41, 5.74) is 8.73. The van der Waals surface area contributed by atoms with Crippen molar-refractivity contribution in [2.75, 3.05) is 11.1 Å². The molecule has 4 N–H and O–H groups in total. The average Bonchev–Trinajstić information content (AvgIpc) is 2.20. The monoisotopic (exact) mass is 220 g/mol. The fourth-order valence-electron chi connectivity index (χ4n) is 2.39. The molecule has 0 amide bonds. The molecular formula is C13H20N2O. The lowest BCUT2D eigenvalue weighted by Gasteiger charge is -2.29. The first kappa shape index (κ1) is 11.3. The van der Waals surface area contributed by atoms with Crippen LogP contribution in [0.1, 0.15) is 31.2 Å². The molecule has 1 aromatic rings. The molecule has 1 fully saturated rings. The second kappa shape index (κ2) is 4.74. The Kier molecular flexibility index (Phi) is 3.34. The summed E-state index contributed by atoms with van der Waals surface area (Å²) in [5, 5.41) is 13.3. The Hall–Kier alpha value is -1.22. The zero-order valence-corrected chi connectivity index (χ0v) is 9.74.